The molecule has 0 fully saturated rings. The molecule has 0 aromatic heterocycles. The minimum Gasteiger partial charge on any atom is 0 e. The topological polar surface area (TPSA) is 57.5 Å². The van der Waals surface area contributed by atoms with E-state index in [1.54, 1.807) is 0 Å². The molecule has 0 bridgehead atoms. The normalized spacial score (nSPS) is 5.83. The first kappa shape index (κ1) is 15.7. The number of hydrogen-bond donors (Lipinski definition) is 2. The largest absolute Gasteiger partial charge is 0 e. The maximum atomic E-state index is 8.81. The summed E-state index contributed by atoms with van der Waals surface area (Å²) in [6, 6.07) is 0. The third-order valence-electron chi connectivity index (χ3n) is 0. The average Bonchev–Trinajstić information content (AvgIpc) is 0.811. The van der Waals surface area contributed by atoms with Gasteiger partial charge in [-0.2, -0.15) is 0 Å². The van der Waals surface area contributed by atoms with E-state index in [1.807, 2.05) is 0 Å². The summed E-state index contributed by atoms with van der Waals surface area (Å²) in [4.78, 5) is 0. The molecule has 6 heavy (non-hydrogen) atoms. The van der Waals surface area contributed by atoms with E-state index in [9.17, 15) is 0 Å². The summed E-state index contributed by atoms with van der Waals surface area (Å²) >= 11 is -3.61. The number of rotatable bonds is 0. The second-order valence-electron chi connectivity index (χ2n) is 0.231. The summed E-state index contributed by atoms with van der Waals surface area (Å²) in [5, 5.41) is 0. The zero-order valence-electron chi connectivity index (χ0n) is 2.92. The Hall–Kier alpha value is 2.11. The first-order valence-corrected chi connectivity index (χ1v) is 3.57. The van der Waals surface area contributed by atoms with Gasteiger partial charge >= 0.3 is 56.6 Å². The fraction of sp³-hybridized carbons (Fsp3) is 0. The Morgan fingerprint density at radius 3 is 1.33 bits per heavy atom. The van der Waals surface area contributed by atoms with E-state index in [2.05, 4.69) is 0 Å². The molecule has 0 rings (SSSR count). The molecular formula is H5BiO3TeTi. The van der Waals surface area contributed by atoms with Crippen molar-refractivity contribution in [2.45, 2.75) is 0 Å². The van der Waals surface area contributed by atoms with Crippen molar-refractivity contribution < 1.29 is 31.8 Å². The van der Waals surface area contributed by atoms with Crippen molar-refractivity contribution >= 4 is 46.6 Å². The van der Waals surface area contributed by atoms with Gasteiger partial charge in [-0.1, -0.05) is 0 Å². The summed E-state index contributed by atoms with van der Waals surface area (Å²) in [6.45, 7) is 0. The molecule has 0 heterocycles. The fourth-order valence-corrected chi connectivity index (χ4v) is 0. The van der Waals surface area contributed by atoms with Gasteiger partial charge in [0.2, 0.25) is 0 Å². The van der Waals surface area contributed by atoms with Gasteiger partial charge in [0.05, 0.1) is 0 Å². The molecule has 3 nitrogen and oxygen atoms in total. The predicted molar refractivity (Wildman–Crippen MR) is 20.8 cm³/mol. The summed E-state index contributed by atoms with van der Waals surface area (Å²) in [5.41, 5.74) is 0. The van der Waals surface area contributed by atoms with E-state index in [4.69, 9.17) is 10.0 Å². The maximum absolute atomic E-state index is 8.81. The van der Waals surface area contributed by atoms with Crippen molar-refractivity contribution in [3.63, 3.8) is 0 Å². The number of hydrogen-bond acceptors (Lipinski definition) is 1. The molecule has 0 amide bonds. The summed E-state index contributed by atoms with van der Waals surface area (Å²) in [5.74, 6) is 0. The van der Waals surface area contributed by atoms with Crippen LogP contribution in [0.2, 0.25) is 0 Å². The molecule has 0 radical (unpaired) electrons. The van der Waals surface area contributed by atoms with Gasteiger partial charge in [-0.05, 0) is 0 Å². The van der Waals surface area contributed by atoms with Crippen LogP contribution in [0.4, 0.5) is 0 Å². The third kappa shape index (κ3) is 35.9. The predicted octanol–water partition coefficient (Wildman–Crippen LogP) is -2.80. The molecule has 0 saturated carbocycles. The van der Waals surface area contributed by atoms with Crippen LogP contribution in [0.1, 0.15) is 0 Å². The van der Waals surface area contributed by atoms with Crippen molar-refractivity contribution in [3.05, 3.63) is 0 Å². The Labute approximate surface area is 77.2 Å². The molecular weight excluding hydrogens is 432 g/mol. The first-order valence-electron chi connectivity index (χ1n) is 0.532. The molecule has 6 heteroatoms. The van der Waals surface area contributed by atoms with Crippen LogP contribution in [0.5, 0.6) is 0 Å². The SMILES string of the molecule is O=[Te](O)O.[BiH3].[Ti]. The molecule has 0 saturated heterocycles. The molecule has 0 aromatic rings. The first-order chi connectivity index (χ1) is 1.73. The van der Waals surface area contributed by atoms with Crippen LogP contribution in [0, 0.1) is 0 Å². The summed E-state index contributed by atoms with van der Waals surface area (Å²) in [6.07, 6.45) is 0. The zero-order valence-corrected chi connectivity index (χ0v) is 12.3. The van der Waals surface area contributed by atoms with Crippen LogP contribution in [-0.2, 0) is 24.8 Å². The second kappa shape index (κ2) is 10.2. The van der Waals surface area contributed by atoms with Gasteiger partial charge in [0.1, 0.15) is 0 Å². The smallest absolute Gasteiger partial charge is 0 e. The summed E-state index contributed by atoms with van der Waals surface area (Å²) in [7, 11) is 0. The Morgan fingerprint density at radius 1 is 1.33 bits per heavy atom. The van der Waals surface area contributed by atoms with Crippen molar-refractivity contribution in [1.29, 1.82) is 0 Å². The standard InChI is InChI=1S/Bi.H2O3Te.Ti.3H/c;1-4(2)3;;;;/h;(H2,1,2,3);;;;. The van der Waals surface area contributed by atoms with Crippen molar-refractivity contribution in [3.8, 4) is 0 Å². The fourth-order valence-electron chi connectivity index (χ4n) is 0. The van der Waals surface area contributed by atoms with E-state index in [0.29, 0.717) is 0 Å². The molecule has 0 aromatic carbocycles. The molecule has 0 aliphatic carbocycles. The van der Waals surface area contributed by atoms with Crippen molar-refractivity contribution in [2.75, 3.05) is 0 Å². The second-order valence-corrected chi connectivity index (χ2v) is 1.55. The molecule has 0 aliphatic heterocycles. The van der Waals surface area contributed by atoms with Crippen LogP contribution < -0.4 is 0 Å². The van der Waals surface area contributed by atoms with E-state index < -0.39 is 20.4 Å². The molecule has 2 N–H and O–H groups in total. The Morgan fingerprint density at radius 2 is 1.33 bits per heavy atom. The average molecular weight is 437 g/mol. The Balaban J connectivity index is -0.0000000450. The Bertz CT molecular complexity index is 33.8. The van der Waals surface area contributed by atoms with Gasteiger partial charge in [-0.15, -0.1) is 0 Å². The quantitative estimate of drug-likeness (QED) is 0.403. The van der Waals surface area contributed by atoms with Gasteiger partial charge in [0.15, 0.2) is 0 Å². The molecule has 0 spiro atoms. The molecule has 0 atom stereocenters. The Kier molecular flexibility index (Phi) is 26.6. The van der Waals surface area contributed by atoms with Crippen molar-refractivity contribution in [2.24, 2.45) is 0 Å². The van der Waals surface area contributed by atoms with Crippen molar-refractivity contribution in [1.82, 2.24) is 0 Å². The molecule has 0 aliphatic rings. The van der Waals surface area contributed by atoms with Crippen LogP contribution in [-0.4, -0.2) is 53.5 Å². The van der Waals surface area contributed by atoms with Crippen LogP contribution in [0.15, 0.2) is 0 Å². The molecule has 0 unspecified atom stereocenters. The summed E-state index contributed by atoms with van der Waals surface area (Å²) < 4.78 is 23.3. The van der Waals surface area contributed by atoms with E-state index in [-0.39, 0.29) is 47.9 Å². The van der Waals surface area contributed by atoms with Crippen LogP contribution >= 0.6 is 0 Å². The maximum Gasteiger partial charge on any atom is 0 e. The minimum absolute atomic E-state index is 0. The van der Waals surface area contributed by atoms with E-state index in [0.717, 1.165) is 0 Å². The van der Waals surface area contributed by atoms with E-state index in [1.165, 1.54) is 0 Å². The minimum atomic E-state index is -3.61. The third-order valence-corrected chi connectivity index (χ3v) is 0. The zero-order chi connectivity index (χ0) is 3.58. The van der Waals surface area contributed by atoms with Gasteiger partial charge in [-0.25, -0.2) is 0 Å². The van der Waals surface area contributed by atoms with Gasteiger partial charge in [-0.3, -0.25) is 0 Å². The van der Waals surface area contributed by atoms with Crippen LogP contribution in [0.3, 0.4) is 0 Å². The van der Waals surface area contributed by atoms with Crippen LogP contribution in [0.25, 0.3) is 0 Å². The van der Waals surface area contributed by atoms with Gasteiger partial charge < -0.3 is 0 Å². The van der Waals surface area contributed by atoms with Gasteiger partial charge in [0, 0.05) is 21.7 Å². The monoisotopic (exact) mass is 440 g/mol. The van der Waals surface area contributed by atoms with Gasteiger partial charge in [0.25, 0.3) is 0 Å². The molecule has 38 valence electrons. The van der Waals surface area contributed by atoms with E-state index >= 15 is 0 Å².